The van der Waals surface area contributed by atoms with E-state index in [1.54, 1.807) is 18.2 Å². The minimum Gasteiger partial charge on any atom is -0.494 e. The third kappa shape index (κ3) is 5.91. The molecule has 1 aromatic carbocycles. The summed E-state index contributed by atoms with van der Waals surface area (Å²) in [6, 6.07) is 9.11. The number of benzene rings is 1. The van der Waals surface area contributed by atoms with Gasteiger partial charge in [0.2, 0.25) is 5.91 Å². The van der Waals surface area contributed by atoms with Crippen LogP contribution in [-0.2, 0) is 4.79 Å². The third-order valence-electron chi connectivity index (χ3n) is 4.18. The lowest BCUT2D eigenvalue weighted by molar-refractivity contribution is -0.122. The highest BCUT2D eigenvalue weighted by Crippen LogP contribution is 2.28. The number of rotatable bonds is 8. The van der Waals surface area contributed by atoms with E-state index in [0.29, 0.717) is 30.9 Å². The molecular weight excluding hydrogens is 292 g/mol. The molecule has 0 bridgehead atoms. The average molecular weight is 316 g/mol. The molecule has 0 radical (unpaired) electrons. The van der Waals surface area contributed by atoms with Crippen LogP contribution in [0.3, 0.4) is 0 Å². The number of aliphatic hydroxyl groups is 1. The fourth-order valence-electron chi connectivity index (χ4n) is 2.79. The first kappa shape index (κ1) is 17.3. The molecule has 5 heteroatoms. The van der Waals surface area contributed by atoms with Gasteiger partial charge in [0.1, 0.15) is 5.75 Å². The maximum Gasteiger partial charge on any atom is 0.220 e. The maximum absolute atomic E-state index is 11.8. The minimum absolute atomic E-state index is 0.0168. The molecular formula is C18H24N2O3. The van der Waals surface area contributed by atoms with Crippen LogP contribution >= 0.6 is 0 Å². The second-order valence-electron chi connectivity index (χ2n) is 6.15. The van der Waals surface area contributed by atoms with Crippen molar-refractivity contribution in [3.8, 4) is 11.8 Å². The van der Waals surface area contributed by atoms with Crippen LogP contribution < -0.4 is 10.1 Å². The summed E-state index contributed by atoms with van der Waals surface area (Å²) in [6.07, 6.45) is 5.59. The molecule has 0 saturated heterocycles. The number of unbranched alkanes of at least 4 members (excludes halogenated alkanes) is 1. The van der Waals surface area contributed by atoms with Gasteiger partial charge in [-0.15, -0.1) is 0 Å². The van der Waals surface area contributed by atoms with Crippen LogP contribution in [0.25, 0.3) is 0 Å². The maximum atomic E-state index is 11.8. The van der Waals surface area contributed by atoms with Crippen molar-refractivity contribution >= 4 is 5.91 Å². The van der Waals surface area contributed by atoms with Gasteiger partial charge in [0, 0.05) is 13.0 Å². The molecule has 23 heavy (non-hydrogen) atoms. The van der Waals surface area contributed by atoms with Crippen molar-refractivity contribution in [1.29, 1.82) is 5.26 Å². The van der Waals surface area contributed by atoms with Gasteiger partial charge in [-0.1, -0.05) is 18.9 Å². The van der Waals surface area contributed by atoms with Crippen molar-refractivity contribution in [2.75, 3.05) is 13.2 Å². The fraction of sp³-hybridized carbons (Fsp3) is 0.556. The largest absolute Gasteiger partial charge is 0.494 e. The van der Waals surface area contributed by atoms with Crippen molar-refractivity contribution in [2.24, 2.45) is 0 Å². The van der Waals surface area contributed by atoms with Crippen LogP contribution in [0.5, 0.6) is 5.75 Å². The van der Waals surface area contributed by atoms with E-state index in [1.807, 2.05) is 6.07 Å². The number of nitriles is 1. The van der Waals surface area contributed by atoms with Gasteiger partial charge in [-0.25, -0.2) is 0 Å². The Kier molecular flexibility index (Phi) is 6.42. The first-order valence-corrected chi connectivity index (χ1v) is 8.23. The summed E-state index contributed by atoms with van der Waals surface area (Å²) in [5.41, 5.74) is -0.114. The summed E-state index contributed by atoms with van der Waals surface area (Å²) >= 11 is 0. The highest BCUT2D eigenvalue weighted by molar-refractivity contribution is 5.75. The van der Waals surface area contributed by atoms with Crippen LogP contribution in [0.2, 0.25) is 0 Å². The molecule has 0 aliphatic heterocycles. The molecule has 2 N–H and O–H groups in total. The van der Waals surface area contributed by atoms with Crippen molar-refractivity contribution in [2.45, 2.75) is 50.5 Å². The molecule has 0 unspecified atom stereocenters. The van der Waals surface area contributed by atoms with Crippen molar-refractivity contribution in [1.82, 2.24) is 5.32 Å². The molecule has 0 spiro atoms. The van der Waals surface area contributed by atoms with Crippen LogP contribution in [0.1, 0.15) is 50.5 Å². The zero-order valence-corrected chi connectivity index (χ0v) is 13.4. The highest BCUT2D eigenvalue weighted by Gasteiger charge is 2.31. The number of carbonyl (C=O) groups excluding carboxylic acids is 1. The average Bonchev–Trinajstić information content (AvgIpc) is 3.00. The normalized spacial score (nSPS) is 15.8. The Morgan fingerprint density at radius 2 is 2.13 bits per heavy atom. The lowest BCUT2D eigenvalue weighted by atomic mass is 10.0. The lowest BCUT2D eigenvalue weighted by Crippen LogP contribution is -2.40. The number of amides is 1. The predicted molar refractivity (Wildman–Crippen MR) is 86.9 cm³/mol. The van der Waals surface area contributed by atoms with Gasteiger partial charge in [0.15, 0.2) is 0 Å². The molecule has 1 saturated carbocycles. The van der Waals surface area contributed by atoms with E-state index in [-0.39, 0.29) is 5.91 Å². The number of hydrogen-bond acceptors (Lipinski definition) is 4. The van der Waals surface area contributed by atoms with E-state index in [9.17, 15) is 9.90 Å². The third-order valence-corrected chi connectivity index (χ3v) is 4.18. The SMILES string of the molecule is N#Cc1cccc(OCCCCC(=O)NCC2(O)CCCC2)c1. The van der Waals surface area contributed by atoms with Crippen molar-refractivity contribution in [3.63, 3.8) is 0 Å². The van der Waals surface area contributed by atoms with E-state index in [1.165, 1.54) is 0 Å². The van der Waals surface area contributed by atoms with Crippen LogP contribution in [-0.4, -0.2) is 29.8 Å². The molecule has 124 valence electrons. The van der Waals surface area contributed by atoms with E-state index in [4.69, 9.17) is 10.00 Å². The van der Waals surface area contributed by atoms with Gasteiger partial charge < -0.3 is 15.2 Å². The highest BCUT2D eigenvalue weighted by atomic mass is 16.5. The second-order valence-corrected chi connectivity index (χ2v) is 6.15. The monoisotopic (exact) mass is 316 g/mol. The zero-order valence-electron chi connectivity index (χ0n) is 13.4. The van der Waals surface area contributed by atoms with E-state index in [0.717, 1.165) is 38.5 Å². The zero-order chi connectivity index (χ0) is 16.5. The smallest absolute Gasteiger partial charge is 0.220 e. The van der Waals surface area contributed by atoms with Crippen molar-refractivity contribution < 1.29 is 14.6 Å². The Labute approximate surface area is 137 Å². The van der Waals surface area contributed by atoms with Gasteiger partial charge >= 0.3 is 0 Å². The minimum atomic E-state index is -0.690. The number of nitrogens with one attached hydrogen (secondary N) is 1. The molecule has 5 nitrogen and oxygen atoms in total. The summed E-state index contributed by atoms with van der Waals surface area (Å²) in [6.45, 7) is 0.884. The van der Waals surface area contributed by atoms with E-state index < -0.39 is 5.60 Å². The predicted octanol–water partition coefficient (Wildman–Crippen LogP) is 2.53. The Bertz CT molecular complexity index is 560. The number of ether oxygens (including phenoxy) is 1. The van der Waals surface area contributed by atoms with Gasteiger partial charge in [-0.3, -0.25) is 4.79 Å². The summed E-state index contributed by atoms with van der Waals surface area (Å²) in [4.78, 5) is 11.8. The molecule has 1 aliphatic carbocycles. The first-order valence-electron chi connectivity index (χ1n) is 8.23. The summed E-state index contributed by atoms with van der Waals surface area (Å²) in [5.74, 6) is 0.661. The molecule has 1 aliphatic rings. The lowest BCUT2D eigenvalue weighted by Gasteiger charge is -2.22. The van der Waals surface area contributed by atoms with Gasteiger partial charge in [-0.2, -0.15) is 5.26 Å². The van der Waals surface area contributed by atoms with Crippen LogP contribution in [0, 0.1) is 11.3 Å². The Balaban J connectivity index is 1.56. The van der Waals surface area contributed by atoms with Gasteiger partial charge in [0.05, 0.1) is 23.8 Å². The Hall–Kier alpha value is -2.06. The van der Waals surface area contributed by atoms with Crippen LogP contribution in [0.15, 0.2) is 24.3 Å². The quantitative estimate of drug-likeness (QED) is 0.722. The number of nitrogens with zero attached hydrogens (tertiary/aromatic N) is 1. The van der Waals surface area contributed by atoms with E-state index in [2.05, 4.69) is 11.4 Å². The number of carbonyl (C=O) groups is 1. The fourth-order valence-corrected chi connectivity index (χ4v) is 2.79. The second kappa shape index (κ2) is 8.54. The molecule has 0 aromatic heterocycles. The summed E-state index contributed by atoms with van der Waals surface area (Å²) in [5, 5.41) is 21.8. The molecule has 0 atom stereocenters. The molecule has 1 amide bonds. The summed E-state index contributed by atoms with van der Waals surface area (Å²) < 4.78 is 5.56. The molecule has 1 aromatic rings. The van der Waals surface area contributed by atoms with Crippen molar-refractivity contribution in [3.05, 3.63) is 29.8 Å². The summed E-state index contributed by atoms with van der Waals surface area (Å²) in [7, 11) is 0. The molecule has 1 fully saturated rings. The Morgan fingerprint density at radius 1 is 1.35 bits per heavy atom. The molecule has 2 rings (SSSR count). The van der Waals surface area contributed by atoms with Gasteiger partial charge in [0.25, 0.3) is 0 Å². The first-order chi connectivity index (χ1) is 11.1. The number of hydrogen-bond donors (Lipinski definition) is 2. The van der Waals surface area contributed by atoms with Gasteiger partial charge in [-0.05, 0) is 43.9 Å². The topological polar surface area (TPSA) is 82.3 Å². The van der Waals surface area contributed by atoms with E-state index >= 15 is 0 Å². The standard InChI is InChI=1S/C18H24N2O3/c19-13-15-6-5-7-16(12-15)23-11-4-1-8-17(21)20-14-18(22)9-2-3-10-18/h5-7,12,22H,1-4,8-11,14H2,(H,20,21). The van der Waals surface area contributed by atoms with Crippen LogP contribution in [0.4, 0.5) is 0 Å². The Morgan fingerprint density at radius 3 is 2.87 bits per heavy atom. The molecule has 0 heterocycles.